The fourth-order valence-corrected chi connectivity index (χ4v) is 3.79. The topological polar surface area (TPSA) is 37.8 Å². The normalized spacial score (nSPS) is 20.9. The Bertz CT molecular complexity index is 593. The minimum Gasteiger partial charge on any atom is -0.305 e. The van der Waals surface area contributed by atoms with Gasteiger partial charge in [0.05, 0.1) is 16.4 Å². The molecule has 2 heterocycles. The molecule has 0 radical (unpaired) electrons. The fourth-order valence-electron chi connectivity index (χ4n) is 2.46. The number of aromatic amines is 1. The largest absolute Gasteiger partial charge is 0.327 e. The van der Waals surface area contributed by atoms with Gasteiger partial charge >= 0.3 is 5.69 Å². The van der Waals surface area contributed by atoms with Gasteiger partial charge in [-0.1, -0.05) is 6.07 Å². The van der Waals surface area contributed by atoms with Crippen LogP contribution in [-0.4, -0.2) is 15.3 Å². The van der Waals surface area contributed by atoms with Crippen LogP contribution in [-0.2, 0) is 0 Å². The van der Waals surface area contributed by atoms with Crippen LogP contribution in [0.25, 0.3) is 11.0 Å². The Labute approximate surface area is 104 Å². The molecule has 1 aliphatic rings. The maximum Gasteiger partial charge on any atom is 0.327 e. The number of nitrogens with one attached hydrogen (secondary N) is 1. The number of hydrogen-bond donors (Lipinski definition) is 1. The van der Waals surface area contributed by atoms with Crippen LogP contribution in [0.3, 0.4) is 0 Å². The number of nitrogens with zero attached hydrogens (tertiary/aromatic N) is 1. The van der Waals surface area contributed by atoms with Crippen molar-refractivity contribution in [1.82, 2.24) is 9.55 Å². The summed E-state index contributed by atoms with van der Waals surface area (Å²) >= 11 is 1.90. The van der Waals surface area contributed by atoms with Crippen LogP contribution in [0.5, 0.6) is 0 Å². The number of aromatic nitrogens is 2. The highest BCUT2D eigenvalue weighted by atomic mass is 32.2. The molecule has 4 heteroatoms. The third kappa shape index (κ3) is 1.90. The first-order valence-electron chi connectivity index (χ1n) is 6.08. The number of fused-ring (bicyclic) bond motifs is 1. The lowest BCUT2D eigenvalue weighted by molar-refractivity contribution is 0.568. The molecule has 1 aromatic heterocycles. The van der Waals surface area contributed by atoms with Gasteiger partial charge in [-0.2, -0.15) is 0 Å². The number of thioether (sulfide) groups is 1. The van der Waals surface area contributed by atoms with E-state index in [1.165, 1.54) is 18.4 Å². The van der Waals surface area contributed by atoms with Gasteiger partial charge in [-0.3, -0.25) is 4.57 Å². The lowest BCUT2D eigenvalue weighted by atomic mass is 10.2. The molecule has 0 bridgehead atoms. The van der Waals surface area contributed by atoms with Crippen molar-refractivity contribution in [2.75, 3.05) is 5.75 Å². The fraction of sp³-hybridized carbons (Fsp3) is 0.462. The molecular weight excluding hydrogens is 232 g/mol. The van der Waals surface area contributed by atoms with E-state index in [0.29, 0.717) is 5.37 Å². The van der Waals surface area contributed by atoms with Crippen molar-refractivity contribution < 1.29 is 0 Å². The van der Waals surface area contributed by atoms with Crippen molar-refractivity contribution in [2.45, 2.75) is 31.6 Å². The van der Waals surface area contributed by atoms with E-state index in [2.05, 4.69) is 17.1 Å². The van der Waals surface area contributed by atoms with E-state index in [1.54, 1.807) is 0 Å². The third-order valence-corrected chi connectivity index (χ3v) is 4.67. The Balaban J connectivity index is 2.14. The zero-order valence-electron chi connectivity index (χ0n) is 9.90. The van der Waals surface area contributed by atoms with Crippen molar-refractivity contribution in [2.24, 2.45) is 0 Å². The summed E-state index contributed by atoms with van der Waals surface area (Å²) in [5.74, 6) is 1.16. The summed E-state index contributed by atoms with van der Waals surface area (Å²) in [4.78, 5) is 15.0. The molecule has 1 N–H and O–H groups in total. The smallest absolute Gasteiger partial charge is 0.305 e. The molecule has 1 aliphatic heterocycles. The molecule has 1 saturated heterocycles. The first kappa shape index (κ1) is 11.0. The van der Waals surface area contributed by atoms with E-state index in [0.717, 1.165) is 23.2 Å². The van der Waals surface area contributed by atoms with Crippen molar-refractivity contribution in [3.05, 3.63) is 34.2 Å². The number of rotatable bonds is 1. The maximum atomic E-state index is 12.0. The molecule has 0 aliphatic carbocycles. The summed E-state index contributed by atoms with van der Waals surface area (Å²) in [6, 6.07) is 6.16. The van der Waals surface area contributed by atoms with Crippen molar-refractivity contribution in [1.29, 1.82) is 0 Å². The highest BCUT2D eigenvalue weighted by Crippen LogP contribution is 2.34. The van der Waals surface area contributed by atoms with Gasteiger partial charge in [0, 0.05) is 0 Å². The molecule has 3 rings (SSSR count). The van der Waals surface area contributed by atoms with Gasteiger partial charge in [0.25, 0.3) is 0 Å². The van der Waals surface area contributed by atoms with Gasteiger partial charge in [0.15, 0.2) is 0 Å². The van der Waals surface area contributed by atoms with Crippen molar-refractivity contribution >= 4 is 22.8 Å². The first-order valence-corrected chi connectivity index (χ1v) is 7.13. The number of H-pyrrole nitrogens is 1. The molecule has 1 fully saturated rings. The van der Waals surface area contributed by atoms with E-state index < -0.39 is 0 Å². The van der Waals surface area contributed by atoms with Crippen LogP contribution in [0.2, 0.25) is 0 Å². The highest BCUT2D eigenvalue weighted by molar-refractivity contribution is 7.99. The van der Waals surface area contributed by atoms with Crippen LogP contribution in [0.1, 0.15) is 30.2 Å². The molecule has 2 aromatic rings. The zero-order valence-corrected chi connectivity index (χ0v) is 10.7. The van der Waals surface area contributed by atoms with Gasteiger partial charge in [-0.15, -0.1) is 11.8 Å². The second-order valence-electron chi connectivity index (χ2n) is 4.64. The molecule has 1 atom stereocenters. The standard InChI is InChI=1S/C13H16N2OS/c1-9-5-6-11-10(8-9)14-13(16)15(11)12-4-2-3-7-17-12/h5-6,8,12H,2-4,7H2,1H3,(H,14,16). The molecule has 1 unspecified atom stereocenters. The molecule has 1 aromatic carbocycles. The Hall–Kier alpha value is -1.16. The quantitative estimate of drug-likeness (QED) is 0.842. The number of benzene rings is 1. The summed E-state index contributed by atoms with van der Waals surface area (Å²) < 4.78 is 1.93. The predicted octanol–water partition coefficient (Wildman–Crippen LogP) is 3.05. The SMILES string of the molecule is Cc1ccc2c(c1)[nH]c(=O)n2C1CCCCS1. The van der Waals surface area contributed by atoms with Gasteiger partial charge in [-0.25, -0.2) is 4.79 Å². The zero-order chi connectivity index (χ0) is 11.8. The minimum atomic E-state index is 0.0324. The van der Waals surface area contributed by atoms with E-state index >= 15 is 0 Å². The molecule has 0 saturated carbocycles. The Morgan fingerprint density at radius 3 is 3.06 bits per heavy atom. The van der Waals surface area contributed by atoms with Crippen LogP contribution >= 0.6 is 11.8 Å². The molecular formula is C13H16N2OS. The van der Waals surface area contributed by atoms with Crippen LogP contribution < -0.4 is 5.69 Å². The number of aryl methyl sites for hydroxylation is 1. The van der Waals surface area contributed by atoms with Crippen LogP contribution in [0, 0.1) is 6.92 Å². The molecule has 0 amide bonds. The van der Waals surface area contributed by atoms with Gasteiger partial charge in [0.2, 0.25) is 0 Å². The van der Waals surface area contributed by atoms with Gasteiger partial charge in [0.1, 0.15) is 0 Å². The van der Waals surface area contributed by atoms with Crippen LogP contribution in [0.4, 0.5) is 0 Å². The van der Waals surface area contributed by atoms with E-state index in [4.69, 9.17) is 0 Å². The summed E-state index contributed by atoms with van der Waals surface area (Å²) in [6.45, 7) is 2.05. The summed E-state index contributed by atoms with van der Waals surface area (Å²) in [7, 11) is 0. The lowest BCUT2D eigenvalue weighted by Crippen LogP contribution is -2.22. The summed E-state index contributed by atoms with van der Waals surface area (Å²) in [5.41, 5.74) is 3.22. The highest BCUT2D eigenvalue weighted by Gasteiger charge is 2.19. The minimum absolute atomic E-state index is 0.0324. The second kappa shape index (κ2) is 4.26. The average Bonchev–Trinajstić information content (AvgIpc) is 2.65. The Morgan fingerprint density at radius 1 is 1.41 bits per heavy atom. The molecule has 0 spiro atoms. The van der Waals surface area contributed by atoms with E-state index in [-0.39, 0.29) is 5.69 Å². The first-order chi connectivity index (χ1) is 8.25. The predicted molar refractivity (Wildman–Crippen MR) is 72.6 cm³/mol. The monoisotopic (exact) mass is 248 g/mol. The lowest BCUT2D eigenvalue weighted by Gasteiger charge is -2.22. The second-order valence-corrected chi connectivity index (χ2v) is 5.93. The number of imidazole rings is 1. The van der Waals surface area contributed by atoms with Gasteiger partial charge in [-0.05, 0) is 49.6 Å². The Kier molecular flexibility index (Phi) is 2.74. The van der Waals surface area contributed by atoms with Crippen LogP contribution in [0.15, 0.2) is 23.0 Å². The summed E-state index contributed by atoms with van der Waals surface area (Å²) in [5, 5.41) is 0.313. The van der Waals surface area contributed by atoms with Gasteiger partial charge < -0.3 is 4.98 Å². The maximum absolute atomic E-state index is 12.0. The third-order valence-electron chi connectivity index (χ3n) is 3.32. The van der Waals surface area contributed by atoms with Crippen molar-refractivity contribution in [3.8, 4) is 0 Å². The van der Waals surface area contributed by atoms with E-state index in [9.17, 15) is 4.79 Å². The molecule has 90 valence electrons. The number of hydrogen-bond acceptors (Lipinski definition) is 2. The summed E-state index contributed by atoms with van der Waals surface area (Å²) in [6.07, 6.45) is 3.60. The Morgan fingerprint density at radius 2 is 2.29 bits per heavy atom. The van der Waals surface area contributed by atoms with Crippen molar-refractivity contribution in [3.63, 3.8) is 0 Å². The molecule has 17 heavy (non-hydrogen) atoms. The average molecular weight is 248 g/mol. The molecule has 3 nitrogen and oxygen atoms in total. The van der Waals surface area contributed by atoms with E-state index in [1.807, 2.05) is 29.3 Å².